The fraction of sp³-hybridized carbons (Fsp3) is 0.333. The molecule has 5 heteroatoms. The van der Waals surface area contributed by atoms with Gasteiger partial charge in [-0.1, -0.05) is 12.1 Å². The molecule has 120 valence electrons. The van der Waals surface area contributed by atoms with Crippen LogP contribution < -0.4 is 5.32 Å². The van der Waals surface area contributed by atoms with Crippen LogP contribution in [0.25, 0.3) is 0 Å². The maximum Gasteiger partial charge on any atom is 0.268 e. The quantitative estimate of drug-likeness (QED) is 0.914. The third-order valence-corrected chi connectivity index (χ3v) is 4.34. The molecule has 1 amide bonds. The lowest BCUT2D eigenvalue weighted by Crippen LogP contribution is -2.24. The molecular weight excluding hydrogens is 295 g/mol. The highest BCUT2D eigenvalue weighted by Gasteiger charge is 2.26. The van der Waals surface area contributed by atoms with Crippen molar-refractivity contribution >= 4 is 11.7 Å². The number of fused-ring (bicyclic) bond motifs is 1. The second-order valence-corrected chi connectivity index (χ2v) is 6.02. The zero-order valence-electron chi connectivity index (χ0n) is 13.3. The molecule has 0 atom stereocenters. The normalized spacial score (nSPS) is 13.8. The van der Waals surface area contributed by atoms with Crippen LogP contribution in [0.4, 0.5) is 4.39 Å². The Morgan fingerprint density at radius 2 is 2.09 bits per heavy atom. The van der Waals surface area contributed by atoms with E-state index in [2.05, 4.69) is 10.3 Å². The lowest BCUT2D eigenvalue weighted by molar-refractivity contribution is 0.0945. The molecule has 0 radical (unpaired) electrons. The minimum atomic E-state index is -0.258. The summed E-state index contributed by atoms with van der Waals surface area (Å²) < 4.78 is 13.3. The van der Waals surface area contributed by atoms with Crippen molar-refractivity contribution in [2.75, 3.05) is 0 Å². The topological polar surface area (TPSA) is 62.0 Å². The number of hydrogen-bond acceptors (Lipinski definition) is 2. The number of amides is 1. The Morgan fingerprint density at radius 1 is 1.30 bits per heavy atom. The Balaban J connectivity index is 1.76. The van der Waals surface area contributed by atoms with Crippen molar-refractivity contribution in [3.63, 3.8) is 0 Å². The molecule has 3 rings (SSSR count). The van der Waals surface area contributed by atoms with Crippen LogP contribution >= 0.6 is 0 Å². The molecule has 1 aromatic carbocycles. The Hall–Kier alpha value is -2.43. The molecule has 1 aliphatic carbocycles. The standard InChI is InChI=1S/C18H19FN2O2/c1-10-8-12(6-7-13(10)19)9-20-18(23)17-11(2)16-14(21-17)4-3-5-15(16)22/h6-8,21H,3-5,9H2,1-2H3,(H,20,23). The van der Waals surface area contributed by atoms with E-state index in [9.17, 15) is 14.0 Å². The molecule has 1 heterocycles. The average molecular weight is 314 g/mol. The molecule has 2 N–H and O–H groups in total. The second kappa shape index (κ2) is 5.99. The van der Waals surface area contributed by atoms with Gasteiger partial charge in [-0.2, -0.15) is 0 Å². The molecule has 4 nitrogen and oxygen atoms in total. The van der Waals surface area contributed by atoms with E-state index in [1.165, 1.54) is 6.07 Å². The summed E-state index contributed by atoms with van der Waals surface area (Å²) in [5.41, 5.74) is 4.10. The number of rotatable bonds is 3. The van der Waals surface area contributed by atoms with Crippen molar-refractivity contribution in [2.45, 2.75) is 39.7 Å². The highest BCUT2D eigenvalue weighted by Crippen LogP contribution is 2.26. The molecular formula is C18H19FN2O2. The first-order valence-corrected chi connectivity index (χ1v) is 7.75. The molecule has 2 aromatic rings. The fourth-order valence-electron chi connectivity index (χ4n) is 3.09. The predicted octanol–water partition coefficient (Wildman–Crippen LogP) is 3.22. The van der Waals surface area contributed by atoms with E-state index in [1.54, 1.807) is 26.0 Å². The SMILES string of the molecule is Cc1cc(CNC(=O)c2[nH]c3c(c2C)C(=O)CCC3)ccc1F. The van der Waals surface area contributed by atoms with Gasteiger partial charge in [0.15, 0.2) is 5.78 Å². The van der Waals surface area contributed by atoms with Crippen molar-refractivity contribution in [3.05, 3.63) is 57.7 Å². The van der Waals surface area contributed by atoms with Crippen molar-refractivity contribution < 1.29 is 14.0 Å². The molecule has 0 unspecified atom stereocenters. The van der Waals surface area contributed by atoms with Crippen molar-refractivity contribution in [2.24, 2.45) is 0 Å². The maximum atomic E-state index is 13.3. The van der Waals surface area contributed by atoms with E-state index in [0.717, 1.165) is 29.7 Å². The first-order valence-electron chi connectivity index (χ1n) is 7.75. The van der Waals surface area contributed by atoms with Gasteiger partial charge in [0.05, 0.1) is 0 Å². The summed E-state index contributed by atoms with van der Waals surface area (Å²) in [5.74, 6) is -0.397. The Bertz CT molecular complexity index is 793. The first kappa shape index (κ1) is 15.5. The minimum Gasteiger partial charge on any atom is -0.354 e. The van der Waals surface area contributed by atoms with Crippen LogP contribution in [0, 0.1) is 19.7 Å². The molecule has 1 aromatic heterocycles. The van der Waals surface area contributed by atoms with Crippen molar-refractivity contribution in [1.29, 1.82) is 0 Å². The highest BCUT2D eigenvalue weighted by atomic mass is 19.1. The van der Waals surface area contributed by atoms with Crippen LogP contribution in [0.15, 0.2) is 18.2 Å². The van der Waals surface area contributed by atoms with Gasteiger partial charge in [-0.3, -0.25) is 9.59 Å². The Kier molecular flexibility index (Phi) is 4.03. The summed E-state index contributed by atoms with van der Waals surface area (Å²) in [6, 6.07) is 4.76. The number of aromatic nitrogens is 1. The number of halogens is 1. The number of H-pyrrole nitrogens is 1. The monoisotopic (exact) mass is 314 g/mol. The first-order chi connectivity index (χ1) is 11.0. The summed E-state index contributed by atoms with van der Waals surface area (Å²) in [5, 5.41) is 2.82. The summed E-state index contributed by atoms with van der Waals surface area (Å²) in [7, 11) is 0. The number of carbonyl (C=O) groups is 2. The van der Waals surface area contributed by atoms with Gasteiger partial charge in [-0.15, -0.1) is 0 Å². The molecule has 1 aliphatic rings. The van der Waals surface area contributed by atoms with Crippen LogP contribution in [-0.4, -0.2) is 16.7 Å². The molecule has 0 spiro atoms. The van der Waals surface area contributed by atoms with Gasteiger partial charge in [0.1, 0.15) is 11.5 Å². The van der Waals surface area contributed by atoms with Gasteiger partial charge in [-0.05, 0) is 49.4 Å². The number of aromatic amines is 1. The largest absolute Gasteiger partial charge is 0.354 e. The number of aryl methyl sites for hydroxylation is 2. The van der Waals surface area contributed by atoms with E-state index in [-0.39, 0.29) is 17.5 Å². The van der Waals surface area contributed by atoms with Gasteiger partial charge >= 0.3 is 0 Å². The zero-order chi connectivity index (χ0) is 16.6. The van der Waals surface area contributed by atoms with Crippen LogP contribution in [0.5, 0.6) is 0 Å². The smallest absolute Gasteiger partial charge is 0.268 e. The van der Waals surface area contributed by atoms with Crippen molar-refractivity contribution in [1.82, 2.24) is 10.3 Å². The summed E-state index contributed by atoms with van der Waals surface area (Å²) in [6.07, 6.45) is 2.16. The highest BCUT2D eigenvalue weighted by molar-refractivity contribution is 6.04. The summed E-state index contributed by atoms with van der Waals surface area (Å²) in [6.45, 7) is 3.81. The summed E-state index contributed by atoms with van der Waals surface area (Å²) in [4.78, 5) is 27.5. The van der Waals surface area contributed by atoms with Crippen LogP contribution in [0.3, 0.4) is 0 Å². The lowest BCUT2D eigenvalue weighted by atomic mass is 9.94. The summed E-state index contributed by atoms with van der Waals surface area (Å²) >= 11 is 0. The number of hydrogen-bond donors (Lipinski definition) is 2. The number of ketones is 1. The predicted molar refractivity (Wildman–Crippen MR) is 85.1 cm³/mol. The number of benzene rings is 1. The van der Waals surface area contributed by atoms with Crippen LogP contribution in [0.1, 0.15) is 56.1 Å². The van der Waals surface area contributed by atoms with Crippen LogP contribution in [-0.2, 0) is 13.0 Å². The van der Waals surface area contributed by atoms with E-state index >= 15 is 0 Å². The molecule has 0 aliphatic heterocycles. The van der Waals surface area contributed by atoms with Gasteiger partial charge in [-0.25, -0.2) is 4.39 Å². The molecule has 23 heavy (non-hydrogen) atoms. The minimum absolute atomic E-state index is 0.105. The molecule has 0 fully saturated rings. The van der Waals surface area contributed by atoms with Crippen LogP contribution in [0.2, 0.25) is 0 Å². The molecule has 0 bridgehead atoms. The maximum absolute atomic E-state index is 13.3. The van der Waals surface area contributed by atoms with Gasteiger partial charge < -0.3 is 10.3 Å². The fourth-order valence-corrected chi connectivity index (χ4v) is 3.09. The zero-order valence-corrected chi connectivity index (χ0v) is 13.3. The van der Waals surface area contributed by atoms with E-state index in [0.29, 0.717) is 29.8 Å². The number of Topliss-reactive ketones (excluding diaryl/α,β-unsaturated/α-hetero) is 1. The third-order valence-electron chi connectivity index (χ3n) is 4.34. The Morgan fingerprint density at radius 3 is 2.78 bits per heavy atom. The second-order valence-electron chi connectivity index (χ2n) is 6.02. The average Bonchev–Trinajstić information content (AvgIpc) is 2.86. The Labute approximate surface area is 134 Å². The van der Waals surface area contributed by atoms with Gasteiger partial charge in [0, 0.05) is 24.2 Å². The number of carbonyl (C=O) groups excluding carboxylic acids is 2. The van der Waals surface area contributed by atoms with Crippen molar-refractivity contribution in [3.8, 4) is 0 Å². The van der Waals surface area contributed by atoms with E-state index in [1.807, 2.05) is 0 Å². The molecule has 0 saturated heterocycles. The van der Waals surface area contributed by atoms with E-state index < -0.39 is 0 Å². The lowest BCUT2D eigenvalue weighted by Gasteiger charge is -2.09. The van der Waals surface area contributed by atoms with E-state index in [4.69, 9.17) is 0 Å². The number of nitrogens with one attached hydrogen (secondary N) is 2. The third kappa shape index (κ3) is 2.91. The molecule has 0 saturated carbocycles. The van der Waals surface area contributed by atoms with Gasteiger partial charge in [0.25, 0.3) is 5.91 Å². The van der Waals surface area contributed by atoms with Gasteiger partial charge in [0.2, 0.25) is 0 Å².